The standard InChI is InChI=1S/C16H20N4O2S/c1-11(2-5-15(21)19-17)12-3-4-13-14(10-12)22-16(18-13)20-6-8-23-9-7-20/h3-4,10H,1-2,5-9,17H2,(H,19,21). The Labute approximate surface area is 139 Å². The molecule has 7 heteroatoms. The molecule has 1 aromatic carbocycles. The molecule has 0 atom stereocenters. The fourth-order valence-electron chi connectivity index (χ4n) is 2.50. The van der Waals surface area contributed by atoms with Crippen molar-refractivity contribution in [2.75, 3.05) is 29.5 Å². The maximum absolute atomic E-state index is 11.2. The monoisotopic (exact) mass is 332 g/mol. The van der Waals surface area contributed by atoms with E-state index in [-0.39, 0.29) is 5.91 Å². The van der Waals surface area contributed by atoms with Crippen LogP contribution in [0.2, 0.25) is 0 Å². The van der Waals surface area contributed by atoms with E-state index in [2.05, 4.69) is 21.9 Å². The summed E-state index contributed by atoms with van der Waals surface area (Å²) in [5.41, 5.74) is 5.55. The fraction of sp³-hybridized carbons (Fsp3) is 0.375. The van der Waals surface area contributed by atoms with Crippen molar-refractivity contribution in [3.8, 4) is 0 Å². The van der Waals surface area contributed by atoms with Gasteiger partial charge in [-0.05, 0) is 29.7 Å². The molecule has 1 aliphatic heterocycles. The minimum Gasteiger partial charge on any atom is -0.423 e. The smallest absolute Gasteiger partial charge is 0.298 e. The highest BCUT2D eigenvalue weighted by Gasteiger charge is 2.17. The number of oxazole rings is 1. The van der Waals surface area contributed by atoms with Crippen LogP contribution in [-0.2, 0) is 4.79 Å². The summed E-state index contributed by atoms with van der Waals surface area (Å²) in [5, 5.41) is 0. The Kier molecular flexibility index (Phi) is 4.88. The van der Waals surface area contributed by atoms with Gasteiger partial charge in [-0.2, -0.15) is 16.7 Å². The number of carbonyl (C=O) groups excluding carboxylic acids is 1. The average Bonchev–Trinajstić information content (AvgIpc) is 3.03. The molecule has 1 aromatic heterocycles. The van der Waals surface area contributed by atoms with Gasteiger partial charge in [0.25, 0.3) is 6.01 Å². The lowest BCUT2D eigenvalue weighted by atomic mass is 10.0. The molecule has 0 aliphatic carbocycles. The normalized spacial score (nSPS) is 14.9. The van der Waals surface area contributed by atoms with Gasteiger partial charge in [0.15, 0.2) is 5.58 Å². The predicted octanol–water partition coefficient (Wildman–Crippen LogP) is 2.16. The third kappa shape index (κ3) is 3.68. The molecule has 0 saturated carbocycles. The van der Waals surface area contributed by atoms with Crippen LogP contribution in [0.5, 0.6) is 0 Å². The van der Waals surface area contributed by atoms with Gasteiger partial charge < -0.3 is 9.32 Å². The maximum atomic E-state index is 11.2. The average molecular weight is 332 g/mol. The SMILES string of the molecule is C=C(CCC(=O)NN)c1ccc2nc(N3CCSCC3)oc2c1. The molecular formula is C16H20N4O2S. The van der Waals surface area contributed by atoms with Gasteiger partial charge in [-0.25, -0.2) is 5.84 Å². The highest BCUT2D eigenvalue weighted by atomic mass is 32.2. The van der Waals surface area contributed by atoms with Gasteiger partial charge in [-0.3, -0.25) is 10.2 Å². The number of nitrogens with one attached hydrogen (secondary N) is 1. The number of carbonyl (C=O) groups is 1. The molecule has 0 unspecified atom stereocenters. The molecule has 1 saturated heterocycles. The Hall–Kier alpha value is -1.99. The molecule has 0 spiro atoms. The first-order valence-electron chi connectivity index (χ1n) is 7.58. The van der Waals surface area contributed by atoms with E-state index in [1.807, 2.05) is 30.0 Å². The van der Waals surface area contributed by atoms with Crippen molar-refractivity contribution in [1.82, 2.24) is 10.4 Å². The first-order chi connectivity index (χ1) is 11.2. The lowest BCUT2D eigenvalue weighted by molar-refractivity contribution is -0.121. The van der Waals surface area contributed by atoms with Gasteiger partial charge in [0.2, 0.25) is 5.91 Å². The lowest BCUT2D eigenvalue weighted by Crippen LogP contribution is -2.32. The topological polar surface area (TPSA) is 84.4 Å². The van der Waals surface area contributed by atoms with Crippen LogP contribution in [0, 0.1) is 0 Å². The van der Waals surface area contributed by atoms with Crippen molar-refractivity contribution in [1.29, 1.82) is 0 Å². The molecule has 23 heavy (non-hydrogen) atoms. The zero-order valence-electron chi connectivity index (χ0n) is 12.9. The Bertz CT molecular complexity index is 722. The molecule has 3 rings (SSSR count). The molecule has 1 amide bonds. The third-order valence-electron chi connectivity index (χ3n) is 3.88. The van der Waals surface area contributed by atoms with Gasteiger partial charge >= 0.3 is 0 Å². The number of hydrazine groups is 1. The van der Waals surface area contributed by atoms with Gasteiger partial charge in [0.1, 0.15) is 5.52 Å². The Balaban J connectivity index is 1.76. The summed E-state index contributed by atoms with van der Waals surface area (Å²) < 4.78 is 5.91. The van der Waals surface area contributed by atoms with Gasteiger partial charge in [-0.15, -0.1) is 0 Å². The van der Waals surface area contributed by atoms with E-state index in [0.717, 1.165) is 46.8 Å². The molecule has 2 heterocycles. The predicted molar refractivity (Wildman–Crippen MR) is 94.1 cm³/mol. The Morgan fingerprint density at radius 3 is 2.91 bits per heavy atom. The van der Waals surface area contributed by atoms with Crippen molar-refractivity contribution in [3.63, 3.8) is 0 Å². The van der Waals surface area contributed by atoms with Crippen molar-refractivity contribution < 1.29 is 9.21 Å². The minimum absolute atomic E-state index is 0.197. The molecular weight excluding hydrogens is 312 g/mol. The summed E-state index contributed by atoms with van der Waals surface area (Å²) in [6.45, 7) is 5.97. The summed E-state index contributed by atoms with van der Waals surface area (Å²) in [6, 6.07) is 6.52. The Morgan fingerprint density at radius 1 is 1.39 bits per heavy atom. The van der Waals surface area contributed by atoms with E-state index in [9.17, 15) is 4.79 Å². The minimum atomic E-state index is -0.197. The third-order valence-corrected chi connectivity index (χ3v) is 4.82. The number of nitrogens with two attached hydrogens (primary N) is 1. The van der Waals surface area contributed by atoms with Crippen LogP contribution in [0.25, 0.3) is 16.7 Å². The summed E-state index contributed by atoms with van der Waals surface area (Å²) in [5.74, 6) is 7.09. The number of aromatic nitrogens is 1. The van der Waals surface area contributed by atoms with Crippen LogP contribution in [0.1, 0.15) is 18.4 Å². The molecule has 0 bridgehead atoms. The van der Waals surface area contributed by atoms with E-state index in [4.69, 9.17) is 10.3 Å². The number of hydrogen-bond donors (Lipinski definition) is 2. The van der Waals surface area contributed by atoms with Crippen LogP contribution < -0.4 is 16.2 Å². The van der Waals surface area contributed by atoms with Gasteiger partial charge in [0, 0.05) is 31.0 Å². The highest BCUT2D eigenvalue weighted by molar-refractivity contribution is 7.99. The fourth-order valence-corrected chi connectivity index (χ4v) is 3.41. The zero-order chi connectivity index (χ0) is 16.2. The van der Waals surface area contributed by atoms with Crippen molar-refractivity contribution in [3.05, 3.63) is 30.3 Å². The molecule has 122 valence electrons. The molecule has 1 aliphatic rings. The molecule has 2 aromatic rings. The number of hydrogen-bond acceptors (Lipinski definition) is 6. The number of rotatable bonds is 5. The Morgan fingerprint density at radius 2 is 2.17 bits per heavy atom. The second-order valence-corrected chi connectivity index (χ2v) is 6.67. The number of amides is 1. The number of anilines is 1. The lowest BCUT2D eigenvalue weighted by Gasteiger charge is -2.24. The van der Waals surface area contributed by atoms with E-state index in [0.29, 0.717) is 18.9 Å². The van der Waals surface area contributed by atoms with Crippen LogP contribution in [-0.4, -0.2) is 35.5 Å². The number of nitrogens with zero attached hydrogens (tertiary/aromatic N) is 2. The number of fused-ring (bicyclic) bond motifs is 1. The maximum Gasteiger partial charge on any atom is 0.298 e. The summed E-state index contributed by atoms with van der Waals surface area (Å²) in [4.78, 5) is 18.0. The highest BCUT2D eigenvalue weighted by Crippen LogP contribution is 2.27. The molecule has 6 nitrogen and oxygen atoms in total. The molecule has 0 radical (unpaired) electrons. The van der Waals surface area contributed by atoms with Crippen LogP contribution in [0.3, 0.4) is 0 Å². The summed E-state index contributed by atoms with van der Waals surface area (Å²) in [6.07, 6.45) is 0.874. The van der Waals surface area contributed by atoms with E-state index in [1.165, 1.54) is 0 Å². The van der Waals surface area contributed by atoms with E-state index in [1.54, 1.807) is 0 Å². The second-order valence-electron chi connectivity index (χ2n) is 5.45. The molecule has 3 N–H and O–H groups in total. The summed E-state index contributed by atoms with van der Waals surface area (Å²) >= 11 is 1.95. The number of thioether (sulfide) groups is 1. The summed E-state index contributed by atoms with van der Waals surface area (Å²) in [7, 11) is 0. The first kappa shape index (κ1) is 15.9. The largest absolute Gasteiger partial charge is 0.423 e. The van der Waals surface area contributed by atoms with Gasteiger partial charge in [-0.1, -0.05) is 12.6 Å². The van der Waals surface area contributed by atoms with Crippen molar-refractivity contribution in [2.45, 2.75) is 12.8 Å². The van der Waals surface area contributed by atoms with Gasteiger partial charge in [0.05, 0.1) is 0 Å². The zero-order valence-corrected chi connectivity index (χ0v) is 13.7. The van der Waals surface area contributed by atoms with Crippen LogP contribution in [0.15, 0.2) is 29.2 Å². The van der Waals surface area contributed by atoms with Crippen LogP contribution >= 0.6 is 11.8 Å². The quantitative estimate of drug-likeness (QED) is 0.496. The van der Waals surface area contributed by atoms with Crippen molar-refractivity contribution in [2.24, 2.45) is 5.84 Å². The van der Waals surface area contributed by atoms with E-state index < -0.39 is 0 Å². The molecule has 1 fully saturated rings. The van der Waals surface area contributed by atoms with Crippen LogP contribution in [0.4, 0.5) is 6.01 Å². The first-order valence-corrected chi connectivity index (χ1v) is 8.74. The van der Waals surface area contributed by atoms with Crippen molar-refractivity contribution >= 4 is 40.4 Å². The second kappa shape index (κ2) is 7.06. The number of allylic oxidation sites excluding steroid dienone is 1. The van der Waals surface area contributed by atoms with E-state index >= 15 is 0 Å². The number of benzene rings is 1.